The third-order valence-electron chi connectivity index (χ3n) is 1.78. The van der Waals surface area contributed by atoms with Crippen LogP contribution in [-0.2, 0) is 9.63 Å². The van der Waals surface area contributed by atoms with Gasteiger partial charge in [-0.3, -0.25) is 0 Å². The summed E-state index contributed by atoms with van der Waals surface area (Å²) in [4.78, 5) is 19.7. The molecule has 0 amide bonds. The predicted octanol–water partition coefficient (Wildman–Crippen LogP) is 1.31. The molecule has 6 nitrogen and oxygen atoms in total. The van der Waals surface area contributed by atoms with Gasteiger partial charge in [-0.15, -0.1) is 11.3 Å². The van der Waals surface area contributed by atoms with Gasteiger partial charge >= 0.3 is 5.97 Å². The number of oxime groups is 1. The SMILES string of the molecule is CC(C)(O/N=C(\C=S)c1csc(N)n1)C(=O)O. The van der Waals surface area contributed by atoms with E-state index < -0.39 is 11.6 Å². The minimum absolute atomic E-state index is 0.266. The van der Waals surface area contributed by atoms with E-state index in [1.807, 2.05) is 0 Å². The van der Waals surface area contributed by atoms with E-state index in [1.165, 1.54) is 30.6 Å². The molecule has 0 saturated carbocycles. The van der Waals surface area contributed by atoms with E-state index in [-0.39, 0.29) is 5.71 Å². The average molecular weight is 273 g/mol. The molecule has 1 rings (SSSR count). The van der Waals surface area contributed by atoms with E-state index in [0.717, 1.165) is 0 Å². The van der Waals surface area contributed by atoms with Gasteiger partial charge < -0.3 is 15.7 Å². The Kier molecular flexibility index (Phi) is 4.13. The predicted molar refractivity (Wildman–Crippen MR) is 69.5 cm³/mol. The second-order valence-corrected chi connectivity index (χ2v) is 4.70. The van der Waals surface area contributed by atoms with Gasteiger partial charge in [-0.25, -0.2) is 9.78 Å². The van der Waals surface area contributed by atoms with Crippen molar-refractivity contribution < 1.29 is 14.7 Å². The molecule has 0 radical (unpaired) electrons. The van der Waals surface area contributed by atoms with E-state index in [0.29, 0.717) is 10.8 Å². The molecule has 0 atom stereocenters. The number of hydrogen-bond donors (Lipinski definition) is 2. The minimum atomic E-state index is -1.43. The first kappa shape index (κ1) is 13.5. The van der Waals surface area contributed by atoms with E-state index in [1.54, 1.807) is 5.38 Å². The van der Waals surface area contributed by atoms with Gasteiger partial charge in [0.15, 0.2) is 5.13 Å². The summed E-state index contributed by atoms with van der Waals surface area (Å²) < 4.78 is 0. The summed E-state index contributed by atoms with van der Waals surface area (Å²) in [7, 11) is 0. The first-order valence-corrected chi connectivity index (χ1v) is 5.88. The zero-order chi connectivity index (χ0) is 13.1. The molecule has 1 heterocycles. The fraction of sp³-hybridized carbons (Fsp3) is 0.333. The molecule has 1 aromatic rings. The summed E-state index contributed by atoms with van der Waals surface area (Å²) in [6.07, 6.45) is 0. The molecule has 1 aromatic heterocycles. The molecule has 8 heteroatoms. The molecule has 0 aliphatic heterocycles. The number of carboxylic acid groups (broad SMARTS) is 1. The number of thiocarbonyl (C=S) groups is 1. The Morgan fingerprint density at radius 3 is 2.82 bits per heavy atom. The van der Waals surface area contributed by atoms with Gasteiger partial charge in [-0.1, -0.05) is 17.4 Å². The van der Waals surface area contributed by atoms with Gasteiger partial charge in [0.05, 0.1) is 0 Å². The molecule has 0 aliphatic carbocycles. The molecule has 0 spiro atoms. The fourth-order valence-corrected chi connectivity index (χ4v) is 1.46. The highest BCUT2D eigenvalue weighted by Crippen LogP contribution is 2.14. The van der Waals surface area contributed by atoms with Crippen LogP contribution in [-0.4, -0.2) is 32.7 Å². The van der Waals surface area contributed by atoms with Crippen molar-refractivity contribution in [3.63, 3.8) is 0 Å². The molecule has 0 aliphatic rings. The quantitative estimate of drug-likeness (QED) is 0.477. The lowest BCUT2D eigenvalue weighted by atomic mass is 10.1. The minimum Gasteiger partial charge on any atom is -0.478 e. The second-order valence-electron chi connectivity index (χ2n) is 3.57. The molecule has 17 heavy (non-hydrogen) atoms. The highest BCUT2D eigenvalue weighted by molar-refractivity contribution is 7.80. The number of hydrogen-bond acceptors (Lipinski definition) is 7. The zero-order valence-electron chi connectivity index (χ0n) is 9.21. The summed E-state index contributed by atoms with van der Waals surface area (Å²) in [5.41, 5.74) is 4.77. The van der Waals surface area contributed by atoms with Crippen molar-refractivity contribution >= 4 is 45.7 Å². The van der Waals surface area contributed by atoms with Crippen LogP contribution in [0.2, 0.25) is 0 Å². The number of aliphatic carboxylic acids is 1. The Labute approximate surface area is 107 Å². The number of aromatic nitrogens is 1. The van der Waals surface area contributed by atoms with Gasteiger partial charge in [0.2, 0.25) is 5.60 Å². The van der Waals surface area contributed by atoms with Crippen molar-refractivity contribution in [3.05, 3.63) is 11.1 Å². The molecule has 0 fully saturated rings. The number of anilines is 1. The van der Waals surface area contributed by atoms with Crippen LogP contribution in [0.15, 0.2) is 10.5 Å². The first-order valence-electron chi connectivity index (χ1n) is 4.53. The summed E-state index contributed by atoms with van der Waals surface area (Å²) in [6, 6.07) is 0. The first-order chi connectivity index (χ1) is 7.86. The molecule has 0 bridgehead atoms. The number of carbonyl (C=O) groups is 1. The van der Waals surface area contributed by atoms with Crippen molar-refractivity contribution in [2.24, 2.45) is 5.16 Å². The van der Waals surface area contributed by atoms with Crippen LogP contribution >= 0.6 is 23.6 Å². The summed E-state index contributed by atoms with van der Waals surface area (Å²) in [6.45, 7) is 2.77. The van der Waals surface area contributed by atoms with Crippen molar-refractivity contribution in [1.82, 2.24) is 4.98 Å². The molecule has 0 aromatic carbocycles. The van der Waals surface area contributed by atoms with Gasteiger partial charge in [0, 0.05) is 10.7 Å². The standard InChI is InChI=1S/C9H11N3O3S2/c1-9(2,7(13)14)15-12-5(3-16)6-4-17-8(10)11-6/h3-4H,1-2H3,(H2,10,11)(H,13,14)/b12-5+. The lowest BCUT2D eigenvalue weighted by molar-refractivity contribution is -0.161. The van der Waals surface area contributed by atoms with Crippen molar-refractivity contribution in [3.8, 4) is 0 Å². The molecule has 0 unspecified atom stereocenters. The molecular formula is C9H11N3O3S2. The van der Waals surface area contributed by atoms with Crippen LogP contribution in [0.1, 0.15) is 19.5 Å². The Morgan fingerprint density at radius 1 is 1.76 bits per heavy atom. The normalized spacial score (nSPS) is 12.2. The lowest BCUT2D eigenvalue weighted by Crippen LogP contribution is -2.33. The maximum Gasteiger partial charge on any atom is 0.350 e. The number of carboxylic acids is 1. The molecular weight excluding hydrogens is 262 g/mol. The maximum atomic E-state index is 10.8. The van der Waals surface area contributed by atoms with Crippen molar-refractivity contribution in [2.45, 2.75) is 19.4 Å². The van der Waals surface area contributed by atoms with Gasteiger partial charge in [0.25, 0.3) is 0 Å². The third-order valence-corrected chi connectivity index (χ3v) is 2.68. The molecule has 0 saturated heterocycles. The largest absolute Gasteiger partial charge is 0.478 e. The van der Waals surface area contributed by atoms with Gasteiger partial charge in [-0.2, -0.15) is 0 Å². The van der Waals surface area contributed by atoms with Crippen LogP contribution in [0.4, 0.5) is 5.13 Å². The highest BCUT2D eigenvalue weighted by Gasteiger charge is 2.30. The number of thiazole rings is 1. The van der Waals surface area contributed by atoms with E-state index >= 15 is 0 Å². The highest BCUT2D eigenvalue weighted by atomic mass is 32.1. The van der Waals surface area contributed by atoms with Gasteiger partial charge in [-0.05, 0) is 13.8 Å². The lowest BCUT2D eigenvalue weighted by Gasteiger charge is -2.16. The van der Waals surface area contributed by atoms with Gasteiger partial charge in [0.1, 0.15) is 11.4 Å². The van der Waals surface area contributed by atoms with Crippen LogP contribution in [0.5, 0.6) is 0 Å². The molecule has 92 valence electrons. The topological polar surface area (TPSA) is 97.8 Å². The zero-order valence-corrected chi connectivity index (χ0v) is 10.8. The number of nitrogens with zero attached hydrogens (tertiary/aromatic N) is 2. The van der Waals surface area contributed by atoms with Crippen LogP contribution < -0.4 is 5.73 Å². The molecule has 3 N–H and O–H groups in total. The van der Waals surface area contributed by atoms with E-state index in [2.05, 4.69) is 10.1 Å². The average Bonchev–Trinajstić information content (AvgIpc) is 2.65. The fourth-order valence-electron chi connectivity index (χ4n) is 0.736. The monoisotopic (exact) mass is 273 g/mol. The third kappa shape index (κ3) is 3.46. The second kappa shape index (κ2) is 5.19. The Hall–Kier alpha value is -1.54. The Balaban J connectivity index is 2.89. The smallest absolute Gasteiger partial charge is 0.350 e. The van der Waals surface area contributed by atoms with Crippen LogP contribution in [0, 0.1) is 0 Å². The van der Waals surface area contributed by atoms with E-state index in [4.69, 9.17) is 27.9 Å². The Morgan fingerprint density at radius 2 is 2.41 bits per heavy atom. The number of rotatable bonds is 5. The number of nitrogen functional groups attached to an aromatic ring is 1. The van der Waals surface area contributed by atoms with E-state index in [9.17, 15) is 4.79 Å². The van der Waals surface area contributed by atoms with Crippen LogP contribution in [0.3, 0.4) is 0 Å². The maximum absolute atomic E-state index is 10.8. The summed E-state index contributed by atoms with van der Waals surface area (Å²) in [5, 5.41) is 15.8. The van der Waals surface area contributed by atoms with Crippen molar-refractivity contribution in [2.75, 3.05) is 5.73 Å². The number of nitrogens with two attached hydrogens (primary N) is 1. The summed E-state index contributed by atoms with van der Waals surface area (Å²) >= 11 is 5.99. The Bertz CT molecular complexity index is 468. The van der Waals surface area contributed by atoms with Crippen LogP contribution in [0.25, 0.3) is 0 Å². The van der Waals surface area contributed by atoms with Crippen molar-refractivity contribution in [1.29, 1.82) is 0 Å². The summed E-state index contributed by atoms with van der Waals surface area (Å²) in [5.74, 6) is -1.12.